The first-order valence-corrected chi connectivity index (χ1v) is 15.5. The number of hydrogen-bond acceptors (Lipinski definition) is 4. The van der Waals surface area contributed by atoms with E-state index in [-0.39, 0.29) is 45.2 Å². The third-order valence-corrected chi connectivity index (χ3v) is 13.8. The van der Waals surface area contributed by atoms with Gasteiger partial charge in [-0.1, -0.05) is 66.2 Å². The number of carboxylic acid groups (broad SMARTS) is 1. The number of ether oxygens (including phenoxy) is 3. The Morgan fingerprint density at radius 1 is 1.15 bits per heavy atom. The van der Waals surface area contributed by atoms with Gasteiger partial charge >= 0.3 is 5.97 Å². The van der Waals surface area contributed by atoms with E-state index >= 15 is 0 Å². The fourth-order valence-corrected chi connectivity index (χ4v) is 11.3. The van der Waals surface area contributed by atoms with E-state index in [2.05, 4.69) is 61.1 Å². The molecular formula is C34H54O5. The molecule has 5 nitrogen and oxygen atoms in total. The number of aliphatic carboxylic acids is 1. The van der Waals surface area contributed by atoms with Crippen LogP contribution in [0, 0.1) is 56.7 Å². The minimum absolute atomic E-state index is 0.00386. The fourth-order valence-electron chi connectivity index (χ4n) is 11.3. The number of hydrogen-bond donors (Lipinski definition) is 1. The van der Waals surface area contributed by atoms with Crippen LogP contribution in [0.3, 0.4) is 0 Å². The van der Waals surface area contributed by atoms with E-state index in [9.17, 15) is 9.90 Å². The Hall–Kier alpha value is -1.17. The second-order valence-corrected chi connectivity index (χ2v) is 15.4. The van der Waals surface area contributed by atoms with Crippen molar-refractivity contribution in [1.29, 1.82) is 0 Å². The van der Waals surface area contributed by atoms with Crippen molar-refractivity contribution in [2.75, 3.05) is 26.9 Å². The molecular weight excluding hydrogens is 488 g/mol. The van der Waals surface area contributed by atoms with Crippen LogP contribution in [0.4, 0.5) is 0 Å². The van der Waals surface area contributed by atoms with Crippen molar-refractivity contribution in [3.63, 3.8) is 0 Å². The quantitative estimate of drug-likeness (QED) is 0.346. The molecule has 11 atom stereocenters. The number of carbonyl (C=O) groups is 1. The molecule has 4 aliphatic carbocycles. The Morgan fingerprint density at radius 3 is 2.49 bits per heavy atom. The topological polar surface area (TPSA) is 65.0 Å². The van der Waals surface area contributed by atoms with E-state index in [0.717, 1.165) is 45.1 Å². The van der Waals surface area contributed by atoms with Crippen LogP contribution in [0.1, 0.15) is 87.0 Å². The second-order valence-electron chi connectivity index (χ2n) is 15.4. The van der Waals surface area contributed by atoms with Gasteiger partial charge in [0.25, 0.3) is 0 Å². The van der Waals surface area contributed by atoms with Crippen LogP contribution in [0.25, 0.3) is 0 Å². The molecule has 0 unspecified atom stereocenters. The molecule has 1 saturated heterocycles. The molecule has 0 aromatic rings. The van der Waals surface area contributed by atoms with Gasteiger partial charge < -0.3 is 19.3 Å². The lowest BCUT2D eigenvalue weighted by Crippen LogP contribution is -2.70. The number of methoxy groups -OCH3 is 1. The van der Waals surface area contributed by atoms with Crippen molar-refractivity contribution >= 4 is 5.97 Å². The highest BCUT2D eigenvalue weighted by Crippen LogP contribution is 2.75. The van der Waals surface area contributed by atoms with Gasteiger partial charge in [0.15, 0.2) is 0 Å². The highest BCUT2D eigenvalue weighted by molar-refractivity contribution is 5.73. The summed E-state index contributed by atoms with van der Waals surface area (Å²) in [7, 11) is 1.83. The zero-order valence-electron chi connectivity index (χ0n) is 25.8. The highest BCUT2D eigenvalue weighted by atomic mass is 16.5. The molecule has 0 amide bonds. The molecule has 2 bridgehead atoms. The van der Waals surface area contributed by atoms with Gasteiger partial charge in [0, 0.05) is 17.9 Å². The summed E-state index contributed by atoms with van der Waals surface area (Å²) in [5.41, 5.74) is 0.774. The molecule has 220 valence electrons. The molecule has 0 aromatic carbocycles. The van der Waals surface area contributed by atoms with Crippen molar-refractivity contribution in [2.45, 2.75) is 99.2 Å². The van der Waals surface area contributed by atoms with Crippen molar-refractivity contribution in [3.8, 4) is 0 Å². The maximum absolute atomic E-state index is 13.2. The molecule has 0 aromatic heterocycles. The van der Waals surface area contributed by atoms with E-state index in [1.807, 2.05) is 13.2 Å². The monoisotopic (exact) mass is 542 g/mol. The molecule has 1 aliphatic heterocycles. The summed E-state index contributed by atoms with van der Waals surface area (Å²) >= 11 is 0. The van der Waals surface area contributed by atoms with Gasteiger partial charge in [-0.15, -0.1) is 6.58 Å². The number of carboxylic acids is 1. The SMILES string of the molecule is C=CCO[C@H]1[C@H](OC)C[C@]23COC[C@@]1(C)[C@@H]2CC[C@H]1C3=CC[C@@]2(C)[C@H](C(=O)O)[C@@](C)([C@H](C)C(C)C)CC[C@]12C. The molecule has 1 N–H and O–H groups in total. The lowest BCUT2D eigenvalue weighted by atomic mass is 9.34. The number of fused-ring (bicyclic) bond motifs is 3. The van der Waals surface area contributed by atoms with Gasteiger partial charge in [-0.25, -0.2) is 0 Å². The molecule has 3 saturated carbocycles. The molecule has 5 aliphatic rings. The Balaban J connectivity index is 1.60. The summed E-state index contributed by atoms with van der Waals surface area (Å²) in [5.74, 6) is 0.686. The minimum Gasteiger partial charge on any atom is -0.481 e. The first-order valence-electron chi connectivity index (χ1n) is 15.5. The van der Waals surface area contributed by atoms with Gasteiger partial charge in [-0.05, 0) is 78.4 Å². The van der Waals surface area contributed by atoms with E-state index in [0.29, 0.717) is 36.9 Å². The van der Waals surface area contributed by atoms with Gasteiger partial charge in [0.2, 0.25) is 0 Å². The summed E-state index contributed by atoms with van der Waals surface area (Å²) in [5, 5.41) is 10.9. The standard InChI is InChI=1S/C34H54O5/c1-10-17-39-28-25(37-9)18-34-20-38-19-31(28,6)26(34)12-11-23-24(34)13-14-33(8)27(29(35)36)30(5,22(4)21(2)3)15-16-32(23,33)7/h10,13,21-23,25-28H,1,11-12,14-20H2,2-9H3,(H,35,36)/t22-,23+,25-,26+,27-,28+,30-,31+,32-,33+,34-/m1/s1. The lowest BCUT2D eigenvalue weighted by Gasteiger charge is -2.71. The van der Waals surface area contributed by atoms with Crippen molar-refractivity contribution < 1.29 is 24.1 Å². The Kier molecular flexibility index (Phi) is 7.29. The van der Waals surface area contributed by atoms with Crippen LogP contribution in [0.15, 0.2) is 24.3 Å². The average Bonchev–Trinajstić information content (AvgIpc) is 2.87. The number of allylic oxidation sites excluding steroid dienone is 1. The Morgan fingerprint density at radius 2 is 1.87 bits per heavy atom. The van der Waals surface area contributed by atoms with Gasteiger partial charge in [-0.2, -0.15) is 0 Å². The normalized spacial score (nSPS) is 49.8. The Bertz CT molecular complexity index is 1020. The van der Waals surface area contributed by atoms with E-state index in [1.54, 1.807) is 5.57 Å². The second kappa shape index (κ2) is 9.70. The van der Waals surface area contributed by atoms with Crippen molar-refractivity contribution in [2.24, 2.45) is 56.7 Å². The van der Waals surface area contributed by atoms with Crippen LogP contribution in [-0.4, -0.2) is 50.2 Å². The van der Waals surface area contributed by atoms with Crippen LogP contribution in [0.2, 0.25) is 0 Å². The third kappa shape index (κ3) is 3.77. The first-order chi connectivity index (χ1) is 18.3. The van der Waals surface area contributed by atoms with Crippen LogP contribution in [-0.2, 0) is 19.0 Å². The molecule has 5 heteroatoms. The first kappa shape index (κ1) is 29.3. The van der Waals surface area contributed by atoms with Crippen molar-refractivity contribution in [1.82, 2.24) is 0 Å². The lowest BCUT2D eigenvalue weighted by molar-refractivity contribution is -0.265. The van der Waals surface area contributed by atoms with Crippen molar-refractivity contribution in [3.05, 3.63) is 24.3 Å². The van der Waals surface area contributed by atoms with Gasteiger partial charge in [-0.3, -0.25) is 4.79 Å². The van der Waals surface area contributed by atoms with E-state index in [4.69, 9.17) is 14.2 Å². The molecule has 39 heavy (non-hydrogen) atoms. The maximum Gasteiger partial charge on any atom is 0.307 e. The predicted molar refractivity (Wildman–Crippen MR) is 154 cm³/mol. The molecule has 4 fully saturated rings. The number of rotatable bonds is 7. The van der Waals surface area contributed by atoms with Crippen LogP contribution < -0.4 is 0 Å². The van der Waals surface area contributed by atoms with Gasteiger partial charge in [0.05, 0.1) is 37.9 Å². The minimum atomic E-state index is -0.602. The summed E-state index contributed by atoms with van der Waals surface area (Å²) in [6, 6.07) is 0. The Labute approximate surface area is 237 Å². The summed E-state index contributed by atoms with van der Waals surface area (Å²) < 4.78 is 19.1. The zero-order chi connectivity index (χ0) is 28.6. The van der Waals surface area contributed by atoms with Crippen LogP contribution >= 0.6 is 0 Å². The fraction of sp³-hybridized carbons (Fsp3) is 0.853. The largest absolute Gasteiger partial charge is 0.481 e. The summed E-state index contributed by atoms with van der Waals surface area (Å²) in [6.45, 7) is 22.1. The predicted octanol–water partition coefficient (Wildman–Crippen LogP) is 7.16. The average molecular weight is 543 g/mol. The molecule has 5 rings (SSSR count). The zero-order valence-corrected chi connectivity index (χ0v) is 25.8. The summed E-state index contributed by atoms with van der Waals surface area (Å²) in [6.07, 6.45) is 10.4. The highest BCUT2D eigenvalue weighted by Gasteiger charge is 2.71. The van der Waals surface area contributed by atoms with Gasteiger partial charge in [0.1, 0.15) is 0 Å². The smallest absolute Gasteiger partial charge is 0.307 e. The van der Waals surface area contributed by atoms with E-state index < -0.39 is 5.97 Å². The third-order valence-electron chi connectivity index (χ3n) is 13.8. The van der Waals surface area contributed by atoms with E-state index in [1.165, 1.54) is 0 Å². The molecule has 0 radical (unpaired) electrons. The summed E-state index contributed by atoms with van der Waals surface area (Å²) in [4.78, 5) is 13.2. The molecule has 0 spiro atoms. The molecule has 1 heterocycles. The van der Waals surface area contributed by atoms with Crippen LogP contribution in [0.5, 0.6) is 0 Å². The maximum atomic E-state index is 13.2.